The molecule has 0 atom stereocenters. The van der Waals surface area contributed by atoms with Crippen LogP contribution in [-0.4, -0.2) is 11.1 Å². The Bertz CT molecular complexity index is 618. The molecular weight excluding hydrogens is 243 g/mol. The first-order chi connectivity index (χ1) is 9.00. The van der Waals surface area contributed by atoms with Crippen molar-refractivity contribution in [1.82, 2.24) is 0 Å². The summed E-state index contributed by atoms with van der Waals surface area (Å²) in [5, 5.41) is 8.83. The van der Waals surface area contributed by atoms with Gasteiger partial charge in [0.25, 0.3) is 0 Å². The highest BCUT2D eigenvalue weighted by molar-refractivity contribution is 5.88. The molecule has 2 aromatic rings. The average Bonchev–Trinajstić information content (AvgIpc) is 2.38. The number of carboxylic acids is 1. The van der Waals surface area contributed by atoms with Crippen LogP contribution in [0.15, 0.2) is 42.5 Å². The number of aromatic carboxylic acids is 1. The molecule has 0 saturated carbocycles. The largest absolute Gasteiger partial charge is 0.478 e. The summed E-state index contributed by atoms with van der Waals surface area (Å²) in [5.74, 6) is -1.64. The maximum Gasteiger partial charge on any atom is 0.338 e. The van der Waals surface area contributed by atoms with E-state index in [9.17, 15) is 9.18 Å². The second-order valence-electron chi connectivity index (χ2n) is 4.74. The van der Waals surface area contributed by atoms with Gasteiger partial charge in [0.15, 0.2) is 0 Å². The molecule has 0 saturated heterocycles. The van der Waals surface area contributed by atoms with Crippen molar-refractivity contribution in [3.8, 4) is 11.1 Å². The Morgan fingerprint density at radius 3 is 2.42 bits per heavy atom. The number of rotatable bonds is 3. The SMILES string of the molecule is CC(C)c1ccccc1-c1ccc(C(=O)O)c(F)c1. The van der Waals surface area contributed by atoms with Crippen molar-refractivity contribution in [3.05, 3.63) is 59.4 Å². The summed E-state index contributed by atoms with van der Waals surface area (Å²) < 4.78 is 13.7. The lowest BCUT2D eigenvalue weighted by Crippen LogP contribution is -2.01. The van der Waals surface area contributed by atoms with Crippen molar-refractivity contribution in [3.63, 3.8) is 0 Å². The van der Waals surface area contributed by atoms with E-state index < -0.39 is 11.8 Å². The molecule has 2 aromatic carbocycles. The standard InChI is InChI=1S/C16H15FO2/c1-10(2)12-5-3-4-6-13(12)11-7-8-14(16(18)19)15(17)9-11/h3-10H,1-2H3,(H,18,19). The predicted molar refractivity (Wildman–Crippen MR) is 72.9 cm³/mol. The zero-order valence-electron chi connectivity index (χ0n) is 10.9. The van der Waals surface area contributed by atoms with Crippen LogP contribution in [-0.2, 0) is 0 Å². The third-order valence-corrected chi connectivity index (χ3v) is 3.09. The third-order valence-electron chi connectivity index (χ3n) is 3.09. The van der Waals surface area contributed by atoms with Crippen LogP contribution in [0, 0.1) is 5.82 Å². The molecular formula is C16H15FO2. The van der Waals surface area contributed by atoms with Gasteiger partial charge in [0.1, 0.15) is 5.82 Å². The summed E-state index contributed by atoms with van der Waals surface area (Å²) in [6, 6.07) is 12.0. The predicted octanol–water partition coefficient (Wildman–Crippen LogP) is 4.31. The van der Waals surface area contributed by atoms with Crippen LogP contribution in [0.1, 0.15) is 35.7 Å². The fourth-order valence-corrected chi connectivity index (χ4v) is 2.12. The van der Waals surface area contributed by atoms with E-state index >= 15 is 0 Å². The van der Waals surface area contributed by atoms with E-state index in [-0.39, 0.29) is 5.56 Å². The minimum absolute atomic E-state index is 0.300. The van der Waals surface area contributed by atoms with E-state index in [1.54, 1.807) is 6.07 Å². The number of hydrogen-bond donors (Lipinski definition) is 1. The maximum atomic E-state index is 13.7. The van der Waals surface area contributed by atoms with Gasteiger partial charge in [0.2, 0.25) is 0 Å². The van der Waals surface area contributed by atoms with Gasteiger partial charge in [0, 0.05) is 0 Å². The highest BCUT2D eigenvalue weighted by atomic mass is 19.1. The van der Waals surface area contributed by atoms with E-state index in [0.717, 1.165) is 11.1 Å². The van der Waals surface area contributed by atoms with Crippen molar-refractivity contribution in [1.29, 1.82) is 0 Å². The Hall–Kier alpha value is -2.16. The minimum Gasteiger partial charge on any atom is -0.478 e. The molecule has 0 aliphatic rings. The maximum absolute atomic E-state index is 13.7. The smallest absolute Gasteiger partial charge is 0.338 e. The van der Waals surface area contributed by atoms with Gasteiger partial charge in [-0.15, -0.1) is 0 Å². The minimum atomic E-state index is -1.25. The zero-order chi connectivity index (χ0) is 14.0. The molecule has 0 spiro atoms. The van der Waals surface area contributed by atoms with Gasteiger partial charge in [-0.1, -0.05) is 44.2 Å². The Kier molecular flexibility index (Phi) is 3.65. The number of benzene rings is 2. The van der Waals surface area contributed by atoms with Crippen LogP contribution < -0.4 is 0 Å². The van der Waals surface area contributed by atoms with Gasteiger partial charge in [-0.05, 0) is 34.7 Å². The molecule has 3 heteroatoms. The summed E-state index contributed by atoms with van der Waals surface area (Å²) in [4.78, 5) is 10.8. The summed E-state index contributed by atoms with van der Waals surface area (Å²) in [7, 11) is 0. The Morgan fingerprint density at radius 1 is 1.16 bits per heavy atom. The zero-order valence-corrected chi connectivity index (χ0v) is 10.9. The Labute approximate surface area is 111 Å². The number of hydrogen-bond acceptors (Lipinski definition) is 1. The van der Waals surface area contributed by atoms with Gasteiger partial charge < -0.3 is 5.11 Å². The van der Waals surface area contributed by atoms with E-state index in [1.807, 2.05) is 24.3 Å². The monoisotopic (exact) mass is 258 g/mol. The van der Waals surface area contributed by atoms with Gasteiger partial charge in [0.05, 0.1) is 5.56 Å². The summed E-state index contributed by atoms with van der Waals surface area (Å²) >= 11 is 0. The van der Waals surface area contributed by atoms with Crippen LogP contribution in [0.5, 0.6) is 0 Å². The molecule has 0 aromatic heterocycles. The molecule has 0 fully saturated rings. The molecule has 0 radical (unpaired) electrons. The van der Waals surface area contributed by atoms with Crippen LogP contribution in [0.4, 0.5) is 4.39 Å². The fourth-order valence-electron chi connectivity index (χ4n) is 2.12. The Balaban J connectivity index is 2.54. The fraction of sp³-hybridized carbons (Fsp3) is 0.188. The first kappa shape index (κ1) is 13.3. The number of carbonyl (C=O) groups is 1. The first-order valence-corrected chi connectivity index (χ1v) is 6.13. The highest BCUT2D eigenvalue weighted by Gasteiger charge is 2.13. The average molecular weight is 258 g/mol. The van der Waals surface area contributed by atoms with E-state index in [4.69, 9.17) is 5.11 Å². The lowest BCUT2D eigenvalue weighted by molar-refractivity contribution is 0.0692. The molecule has 0 bridgehead atoms. The molecule has 0 aliphatic carbocycles. The Morgan fingerprint density at radius 2 is 1.84 bits per heavy atom. The van der Waals surface area contributed by atoms with Crippen LogP contribution in [0.3, 0.4) is 0 Å². The van der Waals surface area contributed by atoms with Gasteiger partial charge in [-0.3, -0.25) is 0 Å². The molecule has 98 valence electrons. The summed E-state index contributed by atoms with van der Waals surface area (Å²) in [6.07, 6.45) is 0. The molecule has 2 rings (SSSR count). The first-order valence-electron chi connectivity index (χ1n) is 6.13. The lowest BCUT2D eigenvalue weighted by Gasteiger charge is -2.13. The van der Waals surface area contributed by atoms with Crippen molar-refractivity contribution in [2.24, 2.45) is 0 Å². The second kappa shape index (κ2) is 5.22. The van der Waals surface area contributed by atoms with E-state index in [1.165, 1.54) is 12.1 Å². The molecule has 0 aliphatic heterocycles. The number of carboxylic acid groups (broad SMARTS) is 1. The normalized spacial score (nSPS) is 10.7. The van der Waals surface area contributed by atoms with Crippen LogP contribution in [0.25, 0.3) is 11.1 Å². The van der Waals surface area contributed by atoms with Gasteiger partial charge >= 0.3 is 5.97 Å². The molecule has 0 heterocycles. The number of halogens is 1. The quantitative estimate of drug-likeness (QED) is 0.890. The van der Waals surface area contributed by atoms with E-state index in [2.05, 4.69) is 13.8 Å². The van der Waals surface area contributed by atoms with Gasteiger partial charge in [-0.2, -0.15) is 0 Å². The molecule has 19 heavy (non-hydrogen) atoms. The highest BCUT2D eigenvalue weighted by Crippen LogP contribution is 2.30. The second-order valence-corrected chi connectivity index (χ2v) is 4.74. The summed E-state index contributed by atoms with van der Waals surface area (Å²) in [6.45, 7) is 4.14. The van der Waals surface area contributed by atoms with Crippen LogP contribution >= 0.6 is 0 Å². The van der Waals surface area contributed by atoms with Crippen molar-refractivity contribution in [2.45, 2.75) is 19.8 Å². The summed E-state index contributed by atoms with van der Waals surface area (Å²) in [5.41, 5.74) is 2.45. The molecule has 0 unspecified atom stereocenters. The third kappa shape index (κ3) is 2.65. The van der Waals surface area contributed by atoms with Crippen molar-refractivity contribution >= 4 is 5.97 Å². The molecule has 0 amide bonds. The van der Waals surface area contributed by atoms with Gasteiger partial charge in [-0.25, -0.2) is 9.18 Å². The van der Waals surface area contributed by atoms with Crippen molar-refractivity contribution < 1.29 is 14.3 Å². The molecule has 2 nitrogen and oxygen atoms in total. The topological polar surface area (TPSA) is 37.3 Å². The lowest BCUT2D eigenvalue weighted by atomic mass is 9.92. The van der Waals surface area contributed by atoms with E-state index in [0.29, 0.717) is 11.5 Å². The van der Waals surface area contributed by atoms with Crippen LogP contribution in [0.2, 0.25) is 0 Å². The molecule has 1 N–H and O–H groups in total. The van der Waals surface area contributed by atoms with Crippen molar-refractivity contribution in [2.75, 3.05) is 0 Å².